The Labute approximate surface area is 168 Å². The minimum absolute atomic E-state index is 0.218. The largest absolute Gasteiger partial charge is 0.444 e. The van der Waals surface area contributed by atoms with Crippen LogP contribution in [0.3, 0.4) is 0 Å². The Morgan fingerprint density at radius 1 is 0.893 bits per heavy atom. The Hall–Kier alpha value is -3.06. The maximum atomic E-state index is 12.2. The molecule has 0 aromatic heterocycles. The fourth-order valence-corrected chi connectivity index (χ4v) is 2.24. The monoisotopic (exact) mass is 403 g/mol. The summed E-state index contributed by atoms with van der Waals surface area (Å²) >= 11 is 5.81. The lowest BCUT2D eigenvalue weighted by atomic mass is 10.2. The lowest BCUT2D eigenvalue weighted by Crippen LogP contribution is -2.37. The molecular formula is C20H22ClN3O4. The summed E-state index contributed by atoms with van der Waals surface area (Å²) in [6.07, 6.45) is -0.664. The van der Waals surface area contributed by atoms with Gasteiger partial charge in [-0.25, -0.2) is 4.79 Å². The molecule has 3 amide bonds. The second-order valence-corrected chi connectivity index (χ2v) is 7.38. The van der Waals surface area contributed by atoms with Gasteiger partial charge >= 0.3 is 6.09 Å². The lowest BCUT2D eigenvalue weighted by Gasteiger charge is -2.19. The summed E-state index contributed by atoms with van der Waals surface area (Å²) in [4.78, 5) is 35.6. The highest BCUT2D eigenvalue weighted by Crippen LogP contribution is 2.16. The number of alkyl carbamates (subject to hydrolysis) is 1. The summed E-state index contributed by atoms with van der Waals surface area (Å²) in [7, 11) is 0. The summed E-state index contributed by atoms with van der Waals surface area (Å²) in [6, 6.07) is 13.1. The summed E-state index contributed by atoms with van der Waals surface area (Å²) in [5.41, 5.74) is 0.952. The Morgan fingerprint density at radius 3 is 1.96 bits per heavy atom. The van der Waals surface area contributed by atoms with Crippen molar-refractivity contribution in [1.82, 2.24) is 5.32 Å². The lowest BCUT2D eigenvalue weighted by molar-refractivity contribution is -0.115. The molecule has 2 rings (SSSR count). The van der Waals surface area contributed by atoms with Crippen LogP contribution in [0.4, 0.5) is 16.2 Å². The predicted molar refractivity (Wildman–Crippen MR) is 109 cm³/mol. The van der Waals surface area contributed by atoms with Crippen molar-refractivity contribution in [3.05, 3.63) is 59.1 Å². The van der Waals surface area contributed by atoms with E-state index in [4.69, 9.17) is 16.3 Å². The molecule has 0 unspecified atom stereocenters. The van der Waals surface area contributed by atoms with Gasteiger partial charge in [-0.1, -0.05) is 11.6 Å². The molecule has 0 bridgehead atoms. The molecule has 0 saturated carbocycles. The number of halogens is 1. The molecule has 0 aliphatic heterocycles. The van der Waals surface area contributed by atoms with Gasteiger partial charge in [0.15, 0.2) is 0 Å². The highest BCUT2D eigenvalue weighted by Gasteiger charge is 2.16. The summed E-state index contributed by atoms with van der Waals surface area (Å²) < 4.78 is 5.06. The molecule has 7 nitrogen and oxygen atoms in total. The normalized spacial score (nSPS) is 10.7. The highest BCUT2D eigenvalue weighted by molar-refractivity contribution is 6.30. The van der Waals surface area contributed by atoms with E-state index in [9.17, 15) is 14.4 Å². The van der Waals surface area contributed by atoms with Crippen LogP contribution < -0.4 is 16.0 Å². The van der Waals surface area contributed by atoms with Crippen LogP contribution in [0.1, 0.15) is 31.1 Å². The summed E-state index contributed by atoms with van der Waals surface area (Å²) in [5, 5.41) is 8.33. The number of nitrogens with one attached hydrogen (secondary N) is 3. The minimum atomic E-state index is -0.664. The maximum Gasteiger partial charge on any atom is 0.408 e. The van der Waals surface area contributed by atoms with Crippen LogP contribution in [0, 0.1) is 0 Å². The number of hydrogen-bond donors (Lipinski definition) is 3. The third-order valence-corrected chi connectivity index (χ3v) is 3.58. The zero-order valence-electron chi connectivity index (χ0n) is 15.8. The van der Waals surface area contributed by atoms with Crippen LogP contribution in [0.15, 0.2) is 48.5 Å². The van der Waals surface area contributed by atoms with Gasteiger partial charge in [0.1, 0.15) is 12.1 Å². The molecule has 0 atom stereocenters. The Balaban J connectivity index is 1.83. The molecule has 2 aromatic rings. The van der Waals surface area contributed by atoms with Crippen molar-refractivity contribution >= 4 is 40.9 Å². The fraction of sp³-hybridized carbons (Fsp3) is 0.250. The minimum Gasteiger partial charge on any atom is -0.444 e. The van der Waals surface area contributed by atoms with Gasteiger partial charge in [0.05, 0.1) is 0 Å². The van der Waals surface area contributed by atoms with Crippen LogP contribution in [-0.4, -0.2) is 30.1 Å². The van der Waals surface area contributed by atoms with Gasteiger partial charge in [-0.2, -0.15) is 0 Å². The SMILES string of the molecule is CC(C)(C)OC(=O)NCC(=O)Nc1ccc(NC(=O)c2ccc(Cl)cc2)cc1. The van der Waals surface area contributed by atoms with Crippen molar-refractivity contribution in [3.63, 3.8) is 0 Å². The standard InChI is InChI=1S/C20H22ClN3O4/c1-20(2,3)28-19(27)22-12-17(25)23-15-8-10-16(11-9-15)24-18(26)13-4-6-14(21)7-5-13/h4-11H,12H2,1-3H3,(H,22,27)(H,23,25)(H,24,26). The molecule has 28 heavy (non-hydrogen) atoms. The Morgan fingerprint density at radius 2 is 1.43 bits per heavy atom. The van der Waals surface area contributed by atoms with E-state index in [-0.39, 0.29) is 12.5 Å². The van der Waals surface area contributed by atoms with E-state index < -0.39 is 17.6 Å². The number of carbonyl (C=O) groups is 3. The number of amides is 3. The van der Waals surface area contributed by atoms with Gasteiger partial charge in [0, 0.05) is 22.0 Å². The van der Waals surface area contributed by atoms with Gasteiger partial charge < -0.3 is 20.7 Å². The van der Waals surface area contributed by atoms with E-state index in [1.54, 1.807) is 69.3 Å². The van der Waals surface area contributed by atoms with Crippen LogP contribution in [0.5, 0.6) is 0 Å². The van der Waals surface area contributed by atoms with Gasteiger partial charge in [-0.3, -0.25) is 9.59 Å². The third-order valence-electron chi connectivity index (χ3n) is 3.33. The number of carbonyl (C=O) groups excluding carboxylic acids is 3. The second-order valence-electron chi connectivity index (χ2n) is 6.94. The van der Waals surface area contributed by atoms with Gasteiger partial charge in [0.2, 0.25) is 5.91 Å². The van der Waals surface area contributed by atoms with E-state index in [2.05, 4.69) is 16.0 Å². The molecule has 0 saturated heterocycles. The molecule has 8 heteroatoms. The van der Waals surface area contributed by atoms with Gasteiger partial charge in [0.25, 0.3) is 5.91 Å². The smallest absolute Gasteiger partial charge is 0.408 e. The first kappa shape index (κ1) is 21.2. The first-order valence-corrected chi connectivity index (χ1v) is 8.94. The average Bonchev–Trinajstić information content (AvgIpc) is 2.61. The number of hydrogen-bond acceptors (Lipinski definition) is 4. The summed E-state index contributed by atoms with van der Waals surface area (Å²) in [6.45, 7) is 4.99. The predicted octanol–water partition coefficient (Wildman–Crippen LogP) is 4.06. The van der Waals surface area contributed by atoms with Crippen molar-refractivity contribution in [2.45, 2.75) is 26.4 Å². The second kappa shape index (κ2) is 9.23. The molecular weight excluding hydrogens is 382 g/mol. The third kappa shape index (κ3) is 7.28. The topological polar surface area (TPSA) is 96.5 Å². The van der Waals surface area contributed by atoms with Crippen LogP contribution in [-0.2, 0) is 9.53 Å². The van der Waals surface area contributed by atoms with E-state index in [0.717, 1.165) is 0 Å². The zero-order valence-corrected chi connectivity index (χ0v) is 16.6. The number of anilines is 2. The Kier molecular flexibility index (Phi) is 7.00. The van der Waals surface area contributed by atoms with E-state index in [1.165, 1.54) is 0 Å². The first-order valence-electron chi connectivity index (χ1n) is 8.56. The summed E-state index contributed by atoms with van der Waals surface area (Å²) in [5.74, 6) is -0.668. The molecule has 0 heterocycles. The number of rotatable bonds is 5. The van der Waals surface area contributed by atoms with Crippen molar-refractivity contribution in [3.8, 4) is 0 Å². The molecule has 0 aliphatic rings. The molecule has 0 aliphatic carbocycles. The van der Waals surface area contributed by atoms with Crippen molar-refractivity contribution in [2.24, 2.45) is 0 Å². The van der Waals surface area contributed by atoms with E-state index in [1.807, 2.05) is 0 Å². The zero-order chi connectivity index (χ0) is 20.7. The fourth-order valence-electron chi connectivity index (χ4n) is 2.11. The quantitative estimate of drug-likeness (QED) is 0.701. The number of ether oxygens (including phenoxy) is 1. The van der Waals surface area contributed by atoms with Crippen LogP contribution >= 0.6 is 11.6 Å². The van der Waals surface area contributed by atoms with E-state index in [0.29, 0.717) is 22.0 Å². The maximum absolute atomic E-state index is 12.2. The van der Waals surface area contributed by atoms with Crippen LogP contribution in [0.2, 0.25) is 5.02 Å². The number of benzene rings is 2. The van der Waals surface area contributed by atoms with Crippen LogP contribution in [0.25, 0.3) is 0 Å². The highest BCUT2D eigenvalue weighted by atomic mass is 35.5. The molecule has 0 fully saturated rings. The average molecular weight is 404 g/mol. The van der Waals surface area contributed by atoms with Crippen molar-refractivity contribution < 1.29 is 19.1 Å². The molecule has 3 N–H and O–H groups in total. The molecule has 0 spiro atoms. The Bertz CT molecular complexity index is 843. The molecule has 148 valence electrons. The van der Waals surface area contributed by atoms with E-state index >= 15 is 0 Å². The molecule has 2 aromatic carbocycles. The van der Waals surface area contributed by atoms with Crippen molar-refractivity contribution in [1.29, 1.82) is 0 Å². The first-order chi connectivity index (χ1) is 13.1. The molecule has 0 radical (unpaired) electrons. The van der Waals surface area contributed by atoms with Crippen molar-refractivity contribution in [2.75, 3.05) is 17.2 Å². The van der Waals surface area contributed by atoms with Gasteiger partial charge in [-0.05, 0) is 69.3 Å². The van der Waals surface area contributed by atoms with Gasteiger partial charge in [-0.15, -0.1) is 0 Å².